The highest BCUT2D eigenvalue weighted by molar-refractivity contribution is 5.98. The molecule has 2 heterocycles. The van der Waals surface area contributed by atoms with Gasteiger partial charge in [-0.2, -0.15) is 0 Å². The van der Waals surface area contributed by atoms with E-state index in [-0.39, 0.29) is 12.5 Å². The number of carbonyl (C=O) groups excluding carboxylic acids is 3. The third kappa shape index (κ3) is 4.85. The summed E-state index contributed by atoms with van der Waals surface area (Å²) in [5, 5.41) is 4.88. The van der Waals surface area contributed by atoms with Crippen LogP contribution in [0.1, 0.15) is 33.2 Å². The molecule has 2 N–H and O–H groups in total. The highest BCUT2D eigenvalue weighted by Gasteiger charge is 2.30. The van der Waals surface area contributed by atoms with Crippen LogP contribution in [0.4, 0.5) is 4.79 Å². The molecule has 1 aliphatic heterocycles. The number of aryl methyl sites for hydroxylation is 1. The van der Waals surface area contributed by atoms with E-state index in [2.05, 4.69) is 15.6 Å². The zero-order chi connectivity index (χ0) is 23.4. The Labute approximate surface area is 191 Å². The first-order valence-electron chi connectivity index (χ1n) is 10.5. The number of amides is 4. The monoisotopic (exact) mass is 444 g/mol. The fourth-order valence-corrected chi connectivity index (χ4v) is 3.91. The molecule has 0 bridgehead atoms. The maximum Gasteiger partial charge on any atom is 0.321 e. The lowest BCUT2D eigenvalue weighted by Gasteiger charge is -2.25. The summed E-state index contributed by atoms with van der Waals surface area (Å²) in [7, 11) is 1.56. The predicted octanol–water partition coefficient (Wildman–Crippen LogP) is 3.22. The fourth-order valence-electron chi connectivity index (χ4n) is 3.91. The van der Waals surface area contributed by atoms with Crippen LogP contribution in [0, 0.1) is 6.92 Å². The average molecular weight is 444 g/mol. The Bertz CT molecular complexity index is 1190. The van der Waals surface area contributed by atoms with Crippen molar-refractivity contribution in [3.8, 4) is 17.0 Å². The minimum Gasteiger partial charge on any atom is -0.497 e. The molecular weight excluding hydrogens is 420 g/mol. The van der Waals surface area contributed by atoms with Crippen LogP contribution in [-0.2, 0) is 11.3 Å². The normalized spacial score (nSPS) is 13.3. The standard InChI is InChI=1S/C25H24N4O4/c1-16-4-3-5-22(27-16)17-6-8-18(9-7-17)23(28-25(32)26-15-30)14-29-13-19-10-11-20(33-2)12-21(19)24(29)31/h3-12,15,23H,13-14H2,1-2H3,(H2,26,28,30,32)/t23-/m0/s1. The van der Waals surface area contributed by atoms with Gasteiger partial charge < -0.3 is 15.0 Å². The number of fused-ring (bicyclic) bond motifs is 1. The van der Waals surface area contributed by atoms with Crippen molar-refractivity contribution in [3.05, 3.63) is 83.0 Å². The van der Waals surface area contributed by atoms with Crippen LogP contribution in [0.25, 0.3) is 11.3 Å². The van der Waals surface area contributed by atoms with Gasteiger partial charge >= 0.3 is 6.03 Å². The average Bonchev–Trinajstić information content (AvgIpc) is 3.13. The van der Waals surface area contributed by atoms with Crippen molar-refractivity contribution < 1.29 is 19.1 Å². The summed E-state index contributed by atoms with van der Waals surface area (Å²) in [5.41, 5.74) is 5.00. The minimum absolute atomic E-state index is 0.132. The second-order valence-electron chi connectivity index (χ2n) is 7.78. The molecule has 0 unspecified atom stereocenters. The number of methoxy groups -OCH3 is 1. The van der Waals surface area contributed by atoms with E-state index >= 15 is 0 Å². The summed E-state index contributed by atoms with van der Waals surface area (Å²) in [4.78, 5) is 42.0. The molecule has 3 aromatic rings. The van der Waals surface area contributed by atoms with Crippen LogP contribution < -0.4 is 15.4 Å². The topological polar surface area (TPSA) is 101 Å². The van der Waals surface area contributed by atoms with Gasteiger partial charge in [0.15, 0.2) is 0 Å². The highest BCUT2D eigenvalue weighted by atomic mass is 16.5. The molecule has 1 aromatic heterocycles. The highest BCUT2D eigenvalue weighted by Crippen LogP contribution is 2.29. The number of carbonyl (C=O) groups is 3. The van der Waals surface area contributed by atoms with Crippen LogP contribution in [0.3, 0.4) is 0 Å². The molecule has 0 saturated carbocycles. The molecule has 8 heteroatoms. The smallest absolute Gasteiger partial charge is 0.321 e. The van der Waals surface area contributed by atoms with E-state index in [9.17, 15) is 14.4 Å². The Hall–Kier alpha value is -4.20. The molecule has 0 spiro atoms. The fraction of sp³-hybridized carbons (Fsp3) is 0.200. The van der Waals surface area contributed by atoms with Gasteiger partial charge in [-0.3, -0.25) is 19.9 Å². The molecule has 2 aromatic carbocycles. The predicted molar refractivity (Wildman–Crippen MR) is 123 cm³/mol. The van der Waals surface area contributed by atoms with Crippen molar-refractivity contribution in [3.63, 3.8) is 0 Å². The van der Waals surface area contributed by atoms with Gasteiger partial charge in [-0.25, -0.2) is 4.79 Å². The first-order chi connectivity index (χ1) is 16.0. The maximum atomic E-state index is 13.0. The Balaban J connectivity index is 1.57. The Kier molecular flexibility index (Phi) is 6.35. The minimum atomic E-state index is -0.634. The number of benzene rings is 2. The maximum absolute atomic E-state index is 13.0. The summed E-state index contributed by atoms with van der Waals surface area (Å²) in [6.45, 7) is 2.60. The molecule has 0 aliphatic carbocycles. The van der Waals surface area contributed by atoms with Gasteiger partial charge in [0.25, 0.3) is 5.91 Å². The summed E-state index contributed by atoms with van der Waals surface area (Å²) in [6.07, 6.45) is 0.321. The number of ether oxygens (including phenoxy) is 1. The summed E-state index contributed by atoms with van der Waals surface area (Å²) >= 11 is 0. The quantitative estimate of drug-likeness (QED) is 0.545. The van der Waals surface area contributed by atoms with Crippen molar-refractivity contribution in [2.45, 2.75) is 19.5 Å². The molecule has 4 rings (SSSR count). The molecule has 1 aliphatic rings. The molecule has 4 amide bonds. The van der Waals surface area contributed by atoms with E-state index in [0.29, 0.717) is 24.3 Å². The number of hydrogen-bond donors (Lipinski definition) is 2. The van der Waals surface area contributed by atoms with Crippen molar-refractivity contribution in [1.29, 1.82) is 0 Å². The van der Waals surface area contributed by atoms with E-state index in [0.717, 1.165) is 28.1 Å². The number of nitrogens with zero attached hydrogens (tertiary/aromatic N) is 2. The van der Waals surface area contributed by atoms with Gasteiger partial charge in [-0.1, -0.05) is 36.4 Å². The second-order valence-corrected chi connectivity index (χ2v) is 7.78. The third-order valence-corrected chi connectivity index (χ3v) is 5.59. The summed E-state index contributed by atoms with van der Waals surface area (Å²) in [6, 6.07) is 17.7. The Morgan fingerprint density at radius 3 is 2.67 bits per heavy atom. The Morgan fingerprint density at radius 2 is 1.97 bits per heavy atom. The number of nitrogens with one attached hydrogen (secondary N) is 2. The van der Waals surface area contributed by atoms with Crippen LogP contribution in [0.5, 0.6) is 5.75 Å². The van der Waals surface area contributed by atoms with Gasteiger partial charge in [0.05, 0.1) is 18.8 Å². The van der Waals surface area contributed by atoms with E-state index in [4.69, 9.17) is 4.74 Å². The van der Waals surface area contributed by atoms with Gasteiger partial charge in [0.2, 0.25) is 6.41 Å². The van der Waals surface area contributed by atoms with Crippen LogP contribution >= 0.6 is 0 Å². The molecule has 0 saturated heterocycles. The van der Waals surface area contributed by atoms with E-state index < -0.39 is 12.1 Å². The van der Waals surface area contributed by atoms with Crippen molar-refractivity contribution >= 4 is 18.3 Å². The SMILES string of the molecule is COc1ccc2c(c1)C(=O)N(C[C@H](NC(=O)NC=O)c1ccc(-c3cccc(C)n3)cc1)C2. The van der Waals surface area contributed by atoms with Crippen molar-refractivity contribution in [2.75, 3.05) is 13.7 Å². The first-order valence-corrected chi connectivity index (χ1v) is 10.5. The second kappa shape index (κ2) is 9.52. The lowest BCUT2D eigenvalue weighted by molar-refractivity contribution is -0.108. The zero-order valence-electron chi connectivity index (χ0n) is 18.4. The molecule has 0 radical (unpaired) electrons. The molecule has 8 nitrogen and oxygen atoms in total. The number of aromatic nitrogens is 1. The lowest BCUT2D eigenvalue weighted by atomic mass is 10.0. The van der Waals surface area contributed by atoms with E-state index in [1.807, 2.05) is 61.5 Å². The first kappa shape index (κ1) is 22.0. The zero-order valence-corrected chi connectivity index (χ0v) is 18.4. The van der Waals surface area contributed by atoms with E-state index in [1.165, 1.54) is 0 Å². The van der Waals surface area contributed by atoms with E-state index in [1.54, 1.807) is 18.1 Å². The summed E-state index contributed by atoms with van der Waals surface area (Å²) in [5.74, 6) is 0.483. The number of rotatable bonds is 7. The van der Waals surface area contributed by atoms with Crippen molar-refractivity contribution in [2.24, 2.45) is 0 Å². The van der Waals surface area contributed by atoms with Crippen LogP contribution in [0.15, 0.2) is 60.7 Å². The van der Waals surface area contributed by atoms with Crippen LogP contribution in [0.2, 0.25) is 0 Å². The number of imide groups is 1. The van der Waals surface area contributed by atoms with Gasteiger partial charge in [0, 0.05) is 29.9 Å². The number of urea groups is 1. The number of pyridine rings is 1. The third-order valence-electron chi connectivity index (χ3n) is 5.59. The number of hydrogen-bond acceptors (Lipinski definition) is 5. The summed E-state index contributed by atoms with van der Waals surface area (Å²) < 4.78 is 5.23. The van der Waals surface area contributed by atoms with Crippen molar-refractivity contribution in [1.82, 2.24) is 20.5 Å². The molecule has 1 atom stereocenters. The lowest BCUT2D eigenvalue weighted by Crippen LogP contribution is -2.42. The molecule has 168 valence electrons. The Morgan fingerprint density at radius 1 is 1.18 bits per heavy atom. The largest absolute Gasteiger partial charge is 0.497 e. The van der Waals surface area contributed by atoms with Gasteiger partial charge in [-0.15, -0.1) is 0 Å². The van der Waals surface area contributed by atoms with Gasteiger partial charge in [0.1, 0.15) is 5.75 Å². The molecule has 0 fully saturated rings. The molecular formula is C25H24N4O4. The molecule has 33 heavy (non-hydrogen) atoms. The van der Waals surface area contributed by atoms with Crippen LogP contribution in [-0.4, -0.2) is 41.9 Å². The van der Waals surface area contributed by atoms with Gasteiger partial charge in [-0.05, 0) is 42.3 Å².